The highest BCUT2D eigenvalue weighted by atomic mass is 16.6. The molecule has 4 nitrogen and oxygen atoms in total. The van der Waals surface area contributed by atoms with Crippen molar-refractivity contribution in [3.05, 3.63) is 29.8 Å². The third-order valence-electron chi connectivity index (χ3n) is 1.97. The number of ether oxygens (including phenoxy) is 3. The maximum atomic E-state index is 11.5. The van der Waals surface area contributed by atoms with E-state index in [2.05, 4.69) is 0 Å². The maximum absolute atomic E-state index is 11.5. The van der Waals surface area contributed by atoms with E-state index in [0.29, 0.717) is 24.5 Å². The molecule has 1 aromatic carbocycles. The molecule has 0 aliphatic carbocycles. The lowest BCUT2D eigenvalue weighted by Gasteiger charge is -2.06. The van der Waals surface area contributed by atoms with Gasteiger partial charge in [0.25, 0.3) is 0 Å². The van der Waals surface area contributed by atoms with Crippen LogP contribution in [0.3, 0.4) is 0 Å². The minimum Gasteiger partial charge on any atom is -0.497 e. The molecule has 0 aliphatic heterocycles. The summed E-state index contributed by atoms with van der Waals surface area (Å²) in [6.45, 7) is 3.21. The van der Waals surface area contributed by atoms with E-state index in [9.17, 15) is 4.79 Å². The van der Waals surface area contributed by atoms with E-state index in [1.165, 1.54) is 0 Å². The molecule has 0 saturated heterocycles. The van der Waals surface area contributed by atoms with Gasteiger partial charge >= 0.3 is 5.97 Å². The molecule has 0 N–H and O–H groups in total. The van der Waals surface area contributed by atoms with Gasteiger partial charge in [0.15, 0.2) is 0 Å². The zero-order valence-corrected chi connectivity index (χ0v) is 9.56. The van der Waals surface area contributed by atoms with E-state index in [4.69, 9.17) is 14.2 Å². The van der Waals surface area contributed by atoms with Gasteiger partial charge in [-0.1, -0.05) is 6.07 Å². The van der Waals surface area contributed by atoms with Crippen LogP contribution in [0.2, 0.25) is 0 Å². The van der Waals surface area contributed by atoms with Crippen LogP contribution in [-0.2, 0) is 9.47 Å². The van der Waals surface area contributed by atoms with Crippen LogP contribution in [0.15, 0.2) is 24.3 Å². The standard InChI is InChI=1S/C12H16O4/c1-3-15-7-8-16-12(13)10-5-4-6-11(9-10)14-2/h4-6,9H,3,7-8H2,1-2H3. The largest absolute Gasteiger partial charge is 0.497 e. The van der Waals surface area contributed by atoms with Crippen LogP contribution in [0, 0.1) is 0 Å². The Labute approximate surface area is 95.1 Å². The van der Waals surface area contributed by atoms with Gasteiger partial charge in [0.05, 0.1) is 19.3 Å². The Bertz CT molecular complexity index is 336. The second kappa shape index (κ2) is 6.85. The SMILES string of the molecule is CCOCCOC(=O)c1cccc(OC)c1. The van der Waals surface area contributed by atoms with Crippen molar-refractivity contribution in [2.45, 2.75) is 6.92 Å². The molecule has 0 amide bonds. The number of hydrogen-bond acceptors (Lipinski definition) is 4. The molecule has 1 rings (SSSR count). The van der Waals surface area contributed by atoms with Crippen LogP contribution in [0.4, 0.5) is 0 Å². The Kier molecular flexibility index (Phi) is 5.36. The molecular formula is C12H16O4. The van der Waals surface area contributed by atoms with Crippen molar-refractivity contribution < 1.29 is 19.0 Å². The fourth-order valence-corrected chi connectivity index (χ4v) is 1.17. The van der Waals surface area contributed by atoms with Crippen molar-refractivity contribution >= 4 is 5.97 Å². The molecule has 0 radical (unpaired) electrons. The zero-order chi connectivity index (χ0) is 11.8. The fraction of sp³-hybridized carbons (Fsp3) is 0.417. The van der Waals surface area contributed by atoms with Crippen molar-refractivity contribution in [2.75, 3.05) is 26.9 Å². The number of hydrogen-bond donors (Lipinski definition) is 0. The third kappa shape index (κ3) is 3.90. The van der Waals surface area contributed by atoms with Crippen molar-refractivity contribution in [2.24, 2.45) is 0 Å². The van der Waals surface area contributed by atoms with E-state index in [1.807, 2.05) is 6.92 Å². The highest BCUT2D eigenvalue weighted by Crippen LogP contribution is 2.13. The molecule has 1 aromatic rings. The Morgan fingerprint density at radius 2 is 2.12 bits per heavy atom. The van der Waals surface area contributed by atoms with E-state index < -0.39 is 0 Å². The number of benzene rings is 1. The Morgan fingerprint density at radius 1 is 1.31 bits per heavy atom. The molecular weight excluding hydrogens is 208 g/mol. The summed E-state index contributed by atoms with van der Waals surface area (Å²) >= 11 is 0. The molecule has 0 spiro atoms. The topological polar surface area (TPSA) is 44.8 Å². The van der Waals surface area contributed by atoms with Gasteiger partial charge in [0.2, 0.25) is 0 Å². The number of carbonyl (C=O) groups excluding carboxylic acids is 1. The van der Waals surface area contributed by atoms with Crippen molar-refractivity contribution in [3.63, 3.8) is 0 Å². The average Bonchev–Trinajstić information content (AvgIpc) is 2.34. The van der Waals surface area contributed by atoms with Gasteiger partial charge in [-0.3, -0.25) is 0 Å². The van der Waals surface area contributed by atoms with Gasteiger partial charge in [0, 0.05) is 6.61 Å². The Hall–Kier alpha value is -1.55. The first-order valence-corrected chi connectivity index (χ1v) is 5.17. The number of carbonyl (C=O) groups is 1. The summed E-state index contributed by atoms with van der Waals surface area (Å²) in [5, 5.41) is 0. The Balaban J connectivity index is 2.46. The number of methoxy groups -OCH3 is 1. The molecule has 0 aliphatic rings. The normalized spacial score (nSPS) is 9.88. The molecule has 4 heteroatoms. The number of esters is 1. The van der Waals surface area contributed by atoms with Crippen LogP contribution >= 0.6 is 0 Å². The second-order valence-corrected chi connectivity index (χ2v) is 3.06. The highest BCUT2D eigenvalue weighted by molar-refractivity contribution is 5.89. The van der Waals surface area contributed by atoms with Crippen LogP contribution in [0.5, 0.6) is 5.75 Å². The predicted octanol–water partition coefficient (Wildman–Crippen LogP) is 1.89. The van der Waals surface area contributed by atoms with E-state index in [1.54, 1.807) is 31.4 Å². The summed E-state index contributed by atoms with van der Waals surface area (Å²) in [5.74, 6) is 0.276. The monoisotopic (exact) mass is 224 g/mol. The first kappa shape index (κ1) is 12.5. The number of rotatable bonds is 6. The summed E-state index contributed by atoms with van der Waals surface area (Å²) in [7, 11) is 1.56. The van der Waals surface area contributed by atoms with Crippen LogP contribution in [0.25, 0.3) is 0 Å². The quantitative estimate of drug-likeness (QED) is 0.546. The minimum atomic E-state index is -0.362. The molecule has 0 unspecified atom stereocenters. The van der Waals surface area contributed by atoms with Gasteiger partial charge in [-0.05, 0) is 25.1 Å². The smallest absolute Gasteiger partial charge is 0.338 e. The first-order valence-electron chi connectivity index (χ1n) is 5.17. The van der Waals surface area contributed by atoms with E-state index in [0.717, 1.165) is 0 Å². The molecule has 0 bridgehead atoms. The third-order valence-corrected chi connectivity index (χ3v) is 1.97. The van der Waals surface area contributed by atoms with Gasteiger partial charge < -0.3 is 14.2 Å². The van der Waals surface area contributed by atoms with Gasteiger partial charge in [0.1, 0.15) is 12.4 Å². The lowest BCUT2D eigenvalue weighted by molar-refractivity contribution is 0.0335. The van der Waals surface area contributed by atoms with Gasteiger partial charge in [-0.15, -0.1) is 0 Å². The minimum absolute atomic E-state index is 0.268. The van der Waals surface area contributed by atoms with Crippen LogP contribution < -0.4 is 4.74 Å². The molecule has 0 saturated carbocycles. The lowest BCUT2D eigenvalue weighted by Crippen LogP contribution is -2.10. The second-order valence-electron chi connectivity index (χ2n) is 3.06. The lowest BCUT2D eigenvalue weighted by atomic mass is 10.2. The molecule has 0 atom stereocenters. The van der Waals surface area contributed by atoms with Crippen LogP contribution in [-0.4, -0.2) is 32.9 Å². The highest BCUT2D eigenvalue weighted by Gasteiger charge is 2.07. The molecule has 0 heterocycles. The zero-order valence-electron chi connectivity index (χ0n) is 9.56. The van der Waals surface area contributed by atoms with Crippen molar-refractivity contribution in [1.29, 1.82) is 0 Å². The maximum Gasteiger partial charge on any atom is 0.338 e. The Morgan fingerprint density at radius 3 is 2.81 bits per heavy atom. The summed E-state index contributed by atoms with van der Waals surface area (Å²) in [5.41, 5.74) is 0.482. The molecule has 88 valence electrons. The first-order chi connectivity index (χ1) is 7.77. The van der Waals surface area contributed by atoms with E-state index in [-0.39, 0.29) is 12.6 Å². The molecule has 0 fully saturated rings. The van der Waals surface area contributed by atoms with E-state index >= 15 is 0 Å². The predicted molar refractivity (Wildman–Crippen MR) is 59.8 cm³/mol. The summed E-state index contributed by atoms with van der Waals surface area (Å²) in [6, 6.07) is 6.85. The van der Waals surface area contributed by atoms with Gasteiger partial charge in [-0.25, -0.2) is 4.79 Å². The van der Waals surface area contributed by atoms with Crippen molar-refractivity contribution in [1.82, 2.24) is 0 Å². The van der Waals surface area contributed by atoms with Crippen LogP contribution in [0.1, 0.15) is 17.3 Å². The van der Waals surface area contributed by atoms with Gasteiger partial charge in [-0.2, -0.15) is 0 Å². The molecule has 16 heavy (non-hydrogen) atoms. The average molecular weight is 224 g/mol. The summed E-state index contributed by atoms with van der Waals surface area (Å²) < 4.78 is 15.1. The summed E-state index contributed by atoms with van der Waals surface area (Å²) in [6.07, 6.45) is 0. The fourth-order valence-electron chi connectivity index (χ4n) is 1.17. The summed E-state index contributed by atoms with van der Waals surface area (Å²) in [4.78, 5) is 11.5. The molecule has 0 aromatic heterocycles. The van der Waals surface area contributed by atoms with Crippen molar-refractivity contribution in [3.8, 4) is 5.75 Å².